The molecule has 0 aromatic heterocycles. The van der Waals surface area contributed by atoms with Crippen LogP contribution in [-0.2, 0) is 4.57 Å². The lowest BCUT2D eigenvalue weighted by Crippen LogP contribution is -1.87. The summed E-state index contributed by atoms with van der Waals surface area (Å²) in [4.78, 5) is 14.8. The van der Waals surface area contributed by atoms with Gasteiger partial charge in [-0.25, -0.2) is 10.1 Å². The molecule has 1 aromatic rings. The molecule has 0 saturated carbocycles. The predicted molar refractivity (Wildman–Crippen MR) is 47.1 cm³/mol. The Balaban J connectivity index is 0.000000217. The van der Waals surface area contributed by atoms with Crippen LogP contribution in [0.15, 0.2) is 30.3 Å². The number of para-hydroxylation sites is 1. The molecule has 1 rings (SSSR count). The van der Waals surface area contributed by atoms with Crippen LogP contribution in [0.3, 0.4) is 0 Å². The van der Waals surface area contributed by atoms with Gasteiger partial charge >= 0.3 is 7.75 Å². The molecule has 1 aromatic carbocycles. The van der Waals surface area contributed by atoms with Crippen LogP contribution in [0, 0.1) is 0 Å². The van der Waals surface area contributed by atoms with Crippen LogP contribution in [0.1, 0.15) is 0 Å². The van der Waals surface area contributed by atoms with Crippen molar-refractivity contribution in [3.05, 3.63) is 30.3 Å². The first-order valence-corrected chi connectivity index (χ1v) is 4.72. The summed E-state index contributed by atoms with van der Waals surface area (Å²) < 4.78 is 9.10. The maximum atomic E-state index is 9.10. The van der Waals surface area contributed by atoms with E-state index >= 15 is 0 Å². The molecule has 0 aliphatic heterocycles. The summed E-state index contributed by atoms with van der Waals surface area (Å²) >= 11 is 0. The molecule has 6 N–H and O–H groups in total. The molecule has 12 heavy (non-hydrogen) atoms. The van der Waals surface area contributed by atoms with Crippen molar-refractivity contribution in [3.8, 4) is 0 Å². The van der Waals surface area contributed by atoms with Gasteiger partial charge in [0.2, 0.25) is 0 Å². The van der Waals surface area contributed by atoms with E-state index in [1.165, 1.54) is 0 Å². The Labute approximate surface area is 70.2 Å². The van der Waals surface area contributed by atoms with Gasteiger partial charge in [0, 0.05) is 5.69 Å². The zero-order chi connectivity index (χ0) is 9.61. The van der Waals surface area contributed by atoms with E-state index in [0.717, 1.165) is 5.69 Å². The topological polar surface area (TPSA) is 110 Å². The van der Waals surface area contributed by atoms with Crippen molar-refractivity contribution in [1.29, 1.82) is 0 Å². The first kappa shape index (κ1) is 11.1. The van der Waals surface area contributed by atoms with E-state index in [0.29, 0.717) is 0 Å². The standard InChI is InChI=1S/C6H7N.H4NO3P/c7-6-4-2-1-3-5-6;1-5(2,3)4/h1-5H,7H2;(H4,1,2,3,4). The van der Waals surface area contributed by atoms with Gasteiger partial charge in [0.25, 0.3) is 0 Å². The minimum atomic E-state index is -4.14. The maximum Gasteiger partial charge on any atom is 0.397 e. The average Bonchev–Trinajstić information content (AvgIpc) is 1.85. The highest BCUT2D eigenvalue weighted by Crippen LogP contribution is 2.20. The number of rotatable bonds is 0. The second-order valence-corrected chi connectivity index (χ2v) is 3.18. The molecular formula is C6H11N2O3P. The third-order valence-electron chi connectivity index (χ3n) is 0.800. The van der Waals surface area contributed by atoms with E-state index in [1.54, 1.807) is 0 Å². The molecule has 0 heterocycles. The number of benzene rings is 1. The van der Waals surface area contributed by atoms with Crippen molar-refractivity contribution in [1.82, 2.24) is 0 Å². The number of anilines is 1. The minimum Gasteiger partial charge on any atom is -0.399 e. The van der Waals surface area contributed by atoms with Crippen LogP contribution in [0.5, 0.6) is 0 Å². The largest absolute Gasteiger partial charge is 0.399 e. The van der Waals surface area contributed by atoms with Gasteiger partial charge in [-0.15, -0.1) is 0 Å². The van der Waals surface area contributed by atoms with Gasteiger partial charge in [-0.1, -0.05) is 18.2 Å². The van der Waals surface area contributed by atoms with Crippen LogP contribution in [-0.4, -0.2) is 9.79 Å². The normalized spacial score (nSPS) is 9.92. The fraction of sp³-hybridized carbons (Fsp3) is 0. The minimum absolute atomic E-state index is 0.822. The van der Waals surface area contributed by atoms with Crippen molar-refractivity contribution >= 4 is 13.4 Å². The Kier molecular flexibility index (Phi) is 4.54. The maximum absolute atomic E-state index is 9.10. The molecule has 0 aliphatic carbocycles. The van der Waals surface area contributed by atoms with Crippen LogP contribution < -0.4 is 11.2 Å². The monoisotopic (exact) mass is 190 g/mol. The number of hydrogen-bond acceptors (Lipinski definition) is 2. The molecule has 0 radical (unpaired) electrons. The molecule has 0 atom stereocenters. The van der Waals surface area contributed by atoms with Crippen LogP contribution in [0.2, 0.25) is 0 Å². The van der Waals surface area contributed by atoms with E-state index in [2.05, 4.69) is 5.50 Å². The predicted octanol–water partition coefficient (Wildman–Crippen LogP) is 0.307. The lowest BCUT2D eigenvalue weighted by molar-refractivity contribution is 0.374. The molecule has 5 nitrogen and oxygen atoms in total. The molecule has 0 bridgehead atoms. The lowest BCUT2D eigenvalue weighted by atomic mass is 10.3. The molecular weight excluding hydrogens is 179 g/mol. The van der Waals surface area contributed by atoms with Gasteiger partial charge in [0.1, 0.15) is 0 Å². The first-order chi connectivity index (χ1) is 5.39. The van der Waals surface area contributed by atoms with Gasteiger partial charge in [-0.2, -0.15) is 0 Å². The SMILES string of the molecule is NP(=O)(O)O.Nc1ccccc1. The second kappa shape index (κ2) is 4.90. The molecule has 6 heteroatoms. The summed E-state index contributed by atoms with van der Waals surface area (Å²) in [5.41, 5.74) is 10.2. The Morgan fingerprint density at radius 2 is 1.50 bits per heavy atom. The van der Waals surface area contributed by atoms with Gasteiger partial charge in [0.05, 0.1) is 0 Å². The highest BCUT2D eigenvalue weighted by atomic mass is 31.2. The molecule has 68 valence electrons. The van der Waals surface area contributed by atoms with Crippen molar-refractivity contribution in [3.63, 3.8) is 0 Å². The van der Waals surface area contributed by atoms with Gasteiger partial charge in [-0.05, 0) is 12.1 Å². The lowest BCUT2D eigenvalue weighted by Gasteiger charge is -1.84. The summed E-state index contributed by atoms with van der Waals surface area (Å²) in [6, 6.07) is 9.49. The zero-order valence-corrected chi connectivity index (χ0v) is 7.19. The van der Waals surface area contributed by atoms with E-state index < -0.39 is 7.75 Å². The van der Waals surface area contributed by atoms with Crippen LogP contribution in [0.25, 0.3) is 0 Å². The van der Waals surface area contributed by atoms with E-state index in [1.807, 2.05) is 30.3 Å². The third-order valence-corrected chi connectivity index (χ3v) is 0.800. The Morgan fingerprint density at radius 1 is 1.17 bits per heavy atom. The molecule has 0 amide bonds. The summed E-state index contributed by atoms with van der Waals surface area (Å²) in [5, 5.41) is 0. The van der Waals surface area contributed by atoms with Crippen LogP contribution >= 0.6 is 7.75 Å². The average molecular weight is 190 g/mol. The number of hydrogen-bond donors (Lipinski definition) is 4. The summed E-state index contributed by atoms with van der Waals surface area (Å²) in [7, 11) is -4.14. The summed E-state index contributed by atoms with van der Waals surface area (Å²) in [6.07, 6.45) is 0. The summed E-state index contributed by atoms with van der Waals surface area (Å²) in [6.45, 7) is 0. The number of nitrogens with two attached hydrogens (primary N) is 2. The Bertz CT molecular complexity index is 250. The Morgan fingerprint density at radius 3 is 1.67 bits per heavy atom. The fourth-order valence-electron chi connectivity index (χ4n) is 0.453. The second-order valence-electron chi connectivity index (χ2n) is 2.00. The fourth-order valence-corrected chi connectivity index (χ4v) is 0.453. The smallest absolute Gasteiger partial charge is 0.397 e. The first-order valence-electron chi connectivity index (χ1n) is 3.04. The molecule has 0 saturated heterocycles. The van der Waals surface area contributed by atoms with E-state index in [4.69, 9.17) is 20.1 Å². The quantitative estimate of drug-likeness (QED) is 0.347. The highest BCUT2D eigenvalue weighted by molar-refractivity contribution is 7.49. The van der Waals surface area contributed by atoms with Crippen molar-refractivity contribution < 1.29 is 14.4 Å². The Hall–Kier alpha value is -0.870. The third kappa shape index (κ3) is 11.9. The molecule has 0 spiro atoms. The molecule has 0 fully saturated rings. The van der Waals surface area contributed by atoms with Gasteiger partial charge in [-0.3, -0.25) is 0 Å². The zero-order valence-electron chi connectivity index (χ0n) is 6.29. The molecule has 0 unspecified atom stereocenters. The molecule has 0 aliphatic rings. The van der Waals surface area contributed by atoms with E-state index in [9.17, 15) is 0 Å². The van der Waals surface area contributed by atoms with Crippen molar-refractivity contribution in [2.45, 2.75) is 0 Å². The van der Waals surface area contributed by atoms with Gasteiger partial charge < -0.3 is 15.5 Å². The summed E-state index contributed by atoms with van der Waals surface area (Å²) in [5.74, 6) is 0. The highest BCUT2D eigenvalue weighted by Gasteiger charge is 1.96. The van der Waals surface area contributed by atoms with Crippen molar-refractivity contribution in [2.75, 3.05) is 5.73 Å². The van der Waals surface area contributed by atoms with Crippen LogP contribution in [0.4, 0.5) is 5.69 Å². The number of nitrogen functional groups attached to an aromatic ring is 1. The van der Waals surface area contributed by atoms with E-state index in [-0.39, 0.29) is 0 Å². The van der Waals surface area contributed by atoms with Gasteiger partial charge in [0.15, 0.2) is 0 Å². The van der Waals surface area contributed by atoms with Crippen molar-refractivity contribution in [2.24, 2.45) is 5.50 Å².